The van der Waals surface area contributed by atoms with Crippen LogP contribution in [0.2, 0.25) is 0 Å². The molecule has 2 aliphatic rings. The van der Waals surface area contributed by atoms with Gasteiger partial charge >= 0.3 is 6.16 Å². The van der Waals surface area contributed by atoms with Crippen LogP contribution in [0.4, 0.5) is 4.79 Å². The highest BCUT2D eigenvalue weighted by Gasteiger charge is 2.47. The Morgan fingerprint density at radius 1 is 0.923 bits per heavy atom. The summed E-state index contributed by atoms with van der Waals surface area (Å²) in [4.78, 5) is 12.5. The smallest absolute Gasteiger partial charge is 0.425 e. The fourth-order valence-electron chi connectivity index (χ4n) is 3.58. The Bertz CT molecular complexity index is 519. The lowest BCUT2D eigenvalue weighted by atomic mass is 9.96. The molecule has 4 atom stereocenters. The van der Waals surface area contributed by atoms with Gasteiger partial charge in [0.15, 0.2) is 0 Å². The molecule has 2 rings (SSSR count). The monoisotopic (exact) mass is 366 g/mol. The molecule has 5 nitrogen and oxygen atoms in total. The van der Waals surface area contributed by atoms with Crippen molar-refractivity contribution in [3.63, 3.8) is 0 Å². The van der Waals surface area contributed by atoms with E-state index in [9.17, 15) is 4.79 Å². The molecule has 0 N–H and O–H groups in total. The van der Waals surface area contributed by atoms with Crippen LogP contribution in [0.3, 0.4) is 0 Å². The fraction of sp³-hybridized carbons (Fsp3) is 0.762. The van der Waals surface area contributed by atoms with Crippen LogP contribution < -0.4 is 0 Å². The topological polar surface area (TPSA) is 54.0 Å². The van der Waals surface area contributed by atoms with Crippen molar-refractivity contribution in [2.45, 2.75) is 102 Å². The van der Waals surface area contributed by atoms with E-state index >= 15 is 0 Å². The van der Waals surface area contributed by atoms with Crippen LogP contribution in [0, 0.1) is 0 Å². The van der Waals surface area contributed by atoms with Crippen molar-refractivity contribution in [2.75, 3.05) is 0 Å². The summed E-state index contributed by atoms with van der Waals surface area (Å²) in [5.74, 6) is 0. The summed E-state index contributed by atoms with van der Waals surface area (Å²) < 4.78 is 23.4. The minimum absolute atomic E-state index is 0.201. The predicted octanol–water partition coefficient (Wildman–Crippen LogP) is 4.94. The predicted molar refractivity (Wildman–Crippen MR) is 101 cm³/mol. The Labute approximate surface area is 157 Å². The molecule has 0 amide bonds. The lowest BCUT2D eigenvalue weighted by molar-refractivity contribution is -0.151. The van der Waals surface area contributed by atoms with Crippen molar-refractivity contribution in [3.05, 3.63) is 25.3 Å². The van der Waals surface area contributed by atoms with E-state index in [1.54, 1.807) is 12.2 Å². The van der Waals surface area contributed by atoms with Gasteiger partial charge in [0, 0.05) is 0 Å². The van der Waals surface area contributed by atoms with Gasteiger partial charge in [0.1, 0.15) is 11.2 Å². The fourth-order valence-corrected chi connectivity index (χ4v) is 3.58. The SMILES string of the molecule is C=CC1(C)CCC(C(C)(C)OC(=O)OC(C)(C)C2CCC(C)(C=C)O2)O1. The zero-order chi connectivity index (χ0) is 19.8. The van der Waals surface area contributed by atoms with E-state index in [2.05, 4.69) is 13.2 Å². The quantitative estimate of drug-likeness (QED) is 0.492. The molecule has 2 aliphatic heterocycles. The zero-order valence-corrected chi connectivity index (χ0v) is 17.1. The number of hydrogen-bond donors (Lipinski definition) is 0. The molecular weight excluding hydrogens is 332 g/mol. The van der Waals surface area contributed by atoms with E-state index in [0.29, 0.717) is 0 Å². The van der Waals surface area contributed by atoms with Crippen molar-refractivity contribution in [1.29, 1.82) is 0 Å². The molecular formula is C21H34O5. The van der Waals surface area contributed by atoms with E-state index in [4.69, 9.17) is 18.9 Å². The normalized spacial score (nSPS) is 35.2. The first-order chi connectivity index (χ1) is 11.8. The van der Waals surface area contributed by atoms with E-state index in [1.165, 1.54) is 0 Å². The highest BCUT2D eigenvalue weighted by molar-refractivity contribution is 5.61. The van der Waals surface area contributed by atoms with Crippen molar-refractivity contribution < 1.29 is 23.7 Å². The molecule has 0 aromatic carbocycles. The Morgan fingerprint density at radius 2 is 1.27 bits per heavy atom. The van der Waals surface area contributed by atoms with Gasteiger partial charge in [-0.2, -0.15) is 0 Å². The van der Waals surface area contributed by atoms with E-state index < -0.39 is 17.4 Å². The van der Waals surface area contributed by atoms with E-state index in [1.807, 2.05) is 41.5 Å². The van der Waals surface area contributed by atoms with Gasteiger partial charge in [0.05, 0.1) is 23.4 Å². The van der Waals surface area contributed by atoms with Crippen LogP contribution in [0.5, 0.6) is 0 Å². The summed E-state index contributed by atoms with van der Waals surface area (Å²) in [6, 6.07) is 0. The summed E-state index contributed by atoms with van der Waals surface area (Å²) in [5.41, 5.74) is -2.33. The molecule has 4 unspecified atom stereocenters. The highest BCUT2D eigenvalue weighted by Crippen LogP contribution is 2.39. The zero-order valence-electron chi connectivity index (χ0n) is 17.1. The maximum atomic E-state index is 12.5. The summed E-state index contributed by atoms with van der Waals surface area (Å²) in [7, 11) is 0. The first-order valence-corrected chi connectivity index (χ1v) is 9.40. The van der Waals surface area contributed by atoms with Gasteiger partial charge in [-0.3, -0.25) is 0 Å². The van der Waals surface area contributed by atoms with Gasteiger partial charge in [-0.1, -0.05) is 12.2 Å². The second kappa shape index (κ2) is 7.01. The van der Waals surface area contributed by atoms with Crippen molar-refractivity contribution in [2.24, 2.45) is 0 Å². The minimum Gasteiger partial charge on any atom is -0.425 e. The third kappa shape index (κ3) is 4.49. The molecule has 2 saturated heterocycles. The molecule has 0 aliphatic carbocycles. The molecule has 2 heterocycles. The largest absolute Gasteiger partial charge is 0.509 e. The van der Waals surface area contributed by atoms with Gasteiger partial charge in [-0.05, 0) is 67.2 Å². The molecule has 26 heavy (non-hydrogen) atoms. The average Bonchev–Trinajstić information content (AvgIpc) is 3.12. The average molecular weight is 366 g/mol. The van der Waals surface area contributed by atoms with E-state index in [0.717, 1.165) is 25.7 Å². The first-order valence-electron chi connectivity index (χ1n) is 9.40. The third-order valence-corrected chi connectivity index (χ3v) is 5.74. The lowest BCUT2D eigenvalue weighted by Crippen LogP contribution is -2.46. The van der Waals surface area contributed by atoms with Gasteiger partial charge < -0.3 is 18.9 Å². The molecule has 0 aromatic rings. The second-order valence-electron chi connectivity index (χ2n) is 8.98. The highest BCUT2D eigenvalue weighted by atomic mass is 16.8. The summed E-state index contributed by atoms with van der Waals surface area (Å²) in [5, 5.41) is 0. The third-order valence-electron chi connectivity index (χ3n) is 5.74. The summed E-state index contributed by atoms with van der Waals surface area (Å²) in [6.45, 7) is 19.0. The minimum atomic E-state index is -0.792. The molecule has 0 bridgehead atoms. The van der Waals surface area contributed by atoms with Gasteiger partial charge in [0.2, 0.25) is 0 Å². The number of ether oxygens (including phenoxy) is 4. The molecule has 5 heteroatoms. The van der Waals surface area contributed by atoms with Crippen LogP contribution in [0.25, 0.3) is 0 Å². The van der Waals surface area contributed by atoms with Crippen LogP contribution in [-0.4, -0.2) is 40.8 Å². The van der Waals surface area contributed by atoms with Crippen LogP contribution in [0.1, 0.15) is 67.2 Å². The first kappa shape index (κ1) is 21.0. The standard InChI is InChI=1S/C21H34O5/c1-9-20(7)13-11-15(23-20)18(3,4)25-17(22)26-19(5,6)16-12-14-21(8,10-2)24-16/h9-10,15-16H,1-2,11-14H2,3-8H3. The molecule has 148 valence electrons. The lowest BCUT2D eigenvalue weighted by Gasteiger charge is -2.36. The molecule has 0 aromatic heterocycles. The van der Waals surface area contributed by atoms with Crippen LogP contribution in [0.15, 0.2) is 25.3 Å². The Morgan fingerprint density at radius 3 is 1.54 bits per heavy atom. The second-order valence-corrected chi connectivity index (χ2v) is 8.98. The Kier molecular flexibility index (Phi) is 5.65. The molecule has 2 fully saturated rings. The molecule has 0 radical (unpaired) electrons. The molecule has 0 spiro atoms. The van der Waals surface area contributed by atoms with Gasteiger partial charge in [-0.15, -0.1) is 13.2 Å². The van der Waals surface area contributed by atoms with Gasteiger partial charge in [0.25, 0.3) is 0 Å². The summed E-state index contributed by atoms with van der Waals surface area (Å²) in [6.07, 6.45) is 5.81. The summed E-state index contributed by atoms with van der Waals surface area (Å²) >= 11 is 0. The number of hydrogen-bond acceptors (Lipinski definition) is 5. The van der Waals surface area contributed by atoms with Crippen molar-refractivity contribution >= 4 is 6.16 Å². The van der Waals surface area contributed by atoms with Crippen molar-refractivity contribution in [1.82, 2.24) is 0 Å². The number of carbonyl (C=O) groups excluding carboxylic acids is 1. The van der Waals surface area contributed by atoms with Crippen LogP contribution in [-0.2, 0) is 18.9 Å². The Balaban J connectivity index is 1.95. The number of rotatable bonds is 6. The van der Waals surface area contributed by atoms with Crippen LogP contribution >= 0.6 is 0 Å². The number of carbonyl (C=O) groups is 1. The maximum absolute atomic E-state index is 12.5. The maximum Gasteiger partial charge on any atom is 0.509 e. The van der Waals surface area contributed by atoms with Gasteiger partial charge in [-0.25, -0.2) is 4.79 Å². The Hall–Kier alpha value is -1.33. The molecule has 0 saturated carbocycles. The van der Waals surface area contributed by atoms with Crippen molar-refractivity contribution in [3.8, 4) is 0 Å². The van der Waals surface area contributed by atoms with E-state index in [-0.39, 0.29) is 23.4 Å².